The summed E-state index contributed by atoms with van der Waals surface area (Å²) in [6, 6.07) is 16.1. The van der Waals surface area contributed by atoms with Gasteiger partial charge in [-0.25, -0.2) is 0 Å². The Morgan fingerprint density at radius 2 is 2.00 bits per heavy atom. The lowest BCUT2D eigenvalue weighted by atomic mass is 9.96. The summed E-state index contributed by atoms with van der Waals surface area (Å²) in [5.74, 6) is 0.219. The SMILES string of the molecule is C=CCOc1ccc2c(c1)c(SC)c(C(Cc1ccccc1)C(=O)OCC)n2C. The molecule has 0 amide bonds. The molecule has 0 spiro atoms. The predicted molar refractivity (Wildman–Crippen MR) is 120 cm³/mol. The molecule has 29 heavy (non-hydrogen) atoms. The lowest BCUT2D eigenvalue weighted by Gasteiger charge is -2.18. The van der Waals surface area contributed by atoms with E-state index in [-0.39, 0.29) is 11.9 Å². The maximum atomic E-state index is 13.0. The molecule has 1 unspecified atom stereocenters. The van der Waals surface area contributed by atoms with E-state index in [1.807, 2.05) is 56.6 Å². The van der Waals surface area contributed by atoms with Gasteiger partial charge in [-0.05, 0) is 43.4 Å². The van der Waals surface area contributed by atoms with Crippen LogP contribution in [-0.4, -0.2) is 30.0 Å². The van der Waals surface area contributed by atoms with E-state index in [0.29, 0.717) is 19.6 Å². The lowest BCUT2D eigenvalue weighted by molar-refractivity contribution is -0.145. The fourth-order valence-corrected chi connectivity index (χ4v) is 4.52. The smallest absolute Gasteiger partial charge is 0.315 e. The van der Waals surface area contributed by atoms with Crippen LogP contribution in [0.2, 0.25) is 0 Å². The first kappa shape index (κ1) is 21.1. The third-order valence-electron chi connectivity index (χ3n) is 4.92. The normalized spacial score (nSPS) is 12.0. The minimum Gasteiger partial charge on any atom is -0.490 e. The highest BCUT2D eigenvalue weighted by atomic mass is 32.2. The van der Waals surface area contributed by atoms with Crippen LogP contribution in [0.1, 0.15) is 24.1 Å². The van der Waals surface area contributed by atoms with Crippen molar-refractivity contribution in [2.24, 2.45) is 7.05 Å². The number of ether oxygens (including phenoxy) is 2. The van der Waals surface area contributed by atoms with E-state index in [2.05, 4.69) is 23.3 Å². The van der Waals surface area contributed by atoms with Gasteiger partial charge in [0.2, 0.25) is 0 Å². The lowest BCUT2D eigenvalue weighted by Crippen LogP contribution is -2.21. The summed E-state index contributed by atoms with van der Waals surface area (Å²) in [5, 5.41) is 1.08. The van der Waals surface area contributed by atoms with Crippen molar-refractivity contribution in [3.05, 3.63) is 72.4 Å². The minimum atomic E-state index is -0.380. The number of benzene rings is 2. The van der Waals surface area contributed by atoms with Crippen LogP contribution in [0.5, 0.6) is 5.75 Å². The van der Waals surface area contributed by atoms with Crippen molar-refractivity contribution in [1.82, 2.24) is 4.57 Å². The van der Waals surface area contributed by atoms with Crippen LogP contribution in [0.4, 0.5) is 0 Å². The molecule has 1 aromatic heterocycles. The molecule has 3 rings (SSSR count). The number of fused-ring (bicyclic) bond motifs is 1. The first-order valence-corrected chi connectivity index (χ1v) is 10.9. The van der Waals surface area contributed by atoms with Crippen molar-refractivity contribution in [3.63, 3.8) is 0 Å². The van der Waals surface area contributed by atoms with Gasteiger partial charge in [0, 0.05) is 28.5 Å². The van der Waals surface area contributed by atoms with E-state index < -0.39 is 0 Å². The maximum absolute atomic E-state index is 13.0. The van der Waals surface area contributed by atoms with Crippen LogP contribution >= 0.6 is 11.8 Å². The van der Waals surface area contributed by atoms with Gasteiger partial charge in [-0.3, -0.25) is 4.79 Å². The number of hydrogen-bond donors (Lipinski definition) is 0. The summed E-state index contributed by atoms with van der Waals surface area (Å²) in [5.41, 5.74) is 3.16. The first-order chi connectivity index (χ1) is 14.1. The highest BCUT2D eigenvalue weighted by Gasteiger charge is 2.30. The zero-order chi connectivity index (χ0) is 20.8. The topological polar surface area (TPSA) is 40.5 Å². The van der Waals surface area contributed by atoms with E-state index in [4.69, 9.17) is 9.47 Å². The van der Waals surface area contributed by atoms with Crippen LogP contribution in [0.15, 0.2) is 66.1 Å². The van der Waals surface area contributed by atoms with Gasteiger partial charge in [0.25, 0.3) is 0 Å². The van der Waals surface area contributed by atoms with Crippen molar-refractivity contribution in [1.29, 1.82) is 0 Å². The van der Waals surface area contributed by atoms with Crippen LogP contribution in [0.3, 0.4) is 0 Å². The number of carbonyl (C=O) groups is 1. The second-order valence-corrected chi connectivity index (χ2v) is 7.57. The molecule has 1 heterocycles. The Morgan fingerprint density at radius 1 is 1.24 bits per heavy atom. The second-order valence-electron chi connectivity index (χ2n) is 6.75. The molecule has 0 radical (unpaired) electrons. The van der Waals surface area contributed by atoms with E-state index in [1.165, 1.54) is 0 Å². The van der Waals surface area contributed by atoms with Crippen molar-refractivity contribution < 1.29 is 14.3 Å². The minimum absolute atomic E-state index is 0.194. The average molecular weight is 410 g/mol. The Morgan fingerprint density at radius 3 is 2.66 bits per heavy atom. The van der Waals surface area contributed by atoms with E-state index in [1.54, 1.807) is 17.8 Å². The molecular weight excluding hydrogens is 382 g/mol. The van der Waals surface area contributed by atoms with Gasteiger partial charge in [0.1, 0.15) is 18.3 Å². The summed E-state index contributed by atoms with van der Waals surface area (Å²) in [6.07, 6.45) is 4.37. The Balaban J connectivity index is 2.12. The molecular formula is C24H27NO3S. The molecule has 0 aliphatic carbocycles. The number of esters is 1. The molecule has 0 saturated carbocycles. The van der Waals surface area contributed by atoms with Crippen molar-refractivity contribution >= 4 is 28.6 Å². The Bertz CT molecular complexity index is 994. The number of aryl methyl sites for hydroxylation is 1. The highest BCUT2D eigenvalue weighted by molar-refractivity contribution is 7.98. The fraction of sp³-hybridized carbons (Fsp3) is 0.292. The third-order valence-corrected chi connectivity index (χ3v) is 5.76. The number of rotatable bonds is 9. The number of nitrogens with zero attached hydrogens (tertiary/aromatic N) is 1. The van der Waals surface area contributed by atoms with Gasteiger partial charge in [0.05, 0.1) is 6.61 Å². The van der Waals surface area contributed by atoms with Gasteiger partial charge in [-0.2, -0.15) is 0 Å². The Labute approximate surface area is 176 Å². The van der Waals surface area contributed by atoms with E-state index >= 15 is 0 Å². The molecule has 3 aromatic rings. The van der Waals surface area contributed by atoms with Crippen molar-refractivity contribution in [2.45, 2.75) is 24.2 Å². The van der Waals surface area contributed by atoms with Crippen molar-refractivity contribution in [3.8, 4) is 5.75 Å². The van der Waals surface area contributed by atoms with Gasteiger partial charge in [-0.15, -0.1) is 11.8 Å². The summed E-state index contributed by atoms with van der Waals surface area (Å²) < 4.78 is 13.3. The number of aromatic nitrogens is 1. The number of carbonyl (C=O) groups excluding carboxylic acids is 1. The summed E-state index contributed by atoms with van der Waals surface area (Å²) >= 11 is 1.65. The molecule has 0 N–H and O–H groups in total. The fourth-order valence-electron chi connectivity index (χ4n) is 3.65. The standard InChI is InChI=1S/C24H27NO3S/c1-5-14-28-18-12-13-21-19(16-18)23(29-4)22(25(21)3)20(24(26)27-6-2)15-17-10-8-7-9-11-17/h5,7-13,16,20H,1,6,14-15H2,2-4H3. The maximum Gasteiger partial charge on any atom is 0.315 e. The molecule has 5 heteroatoms. The van der Waals surface area contributed by atoms with E-state index in [9.17, 15) is 4.79 Å². The van der Waals surface area contributed by atoms with Crippen LogP contribution in [-0.2, 0) is 23.0 Å². The summed E-state index contributed by atoms with van der Waals surface area (Å²) in [7, 11) is 2.01. The van der Waals surface area contributed by atoms with Gasteiger partial charge < -0.3 is 14.0 Å². The first-order valence-electron chi connectivity index (χ1n) is 9.71. The molecule has 4 nitrogen and oxygen atoms in total. The molecule has 2 aromatic carbocycles. The molecule has 0 bridgehead atoms. The van der Waals surface area contributed by atoms with Crippen LogP contribution < -0.4 is 4.74 Å². The van der Waals surface area contributed by atoms with Crippen LogP contribution in [0.25, 0.3) is 10.9 Å². The Kier molecular flexibility index (Phi) is 7.04. The summed E-state index contributed by atoms with van der Waals surface area (Å²) in [6.45, 7) is 6.37. The van der Waals surface area contributed by atoms with Crippen LogP contribution in [0, 0.1) is 0 Å². The molecule has 0 aliphatic rings. The van der Waals surface area contributed by atoms with E-state index in [0.717, 1.165) is 32.8 Å². The molecule has 0 fully saturated rings. The van der Waals surface area contributed by atoms with Gasteiger partial charge in [-0.1, -0.05) is 43.0 Å². The van der Waals surface area contributed by atoms with Gasteiger partial charge in [0.15, 0.2) is 0 Å². The zero-order valence-electron chi connectivity index (χ0n) is 17.2. The summed E-state index contributed by atoms with van der Waals surface area (Å²) in [4.78, 5) is 14.1. The third kappa shape index (κ3) is 4.51. The quantitative estimate of drug-likeness (QED) is 0.271. The predicted octanol–water partition coefficient (Wildman–Crippen LogP) is 5.35. The molecule has 0 saturated heterocycles. The monoisotopic (exact) mass is 409 g/mol. The number of hydrogen-bond acceptors (Lipinski definition) is 4. The number of thioether (sulfide) groups is 1. The Hall–Kier alpha value is -2.66. The molecule has 152 valence electrons. The average Bonchev–Trinajstić information content (AvgIpc) is 3.02. The molecule has 0 aliphatic heterocycles. The van der Waals surface area contributed by atoms with Crippen molar-refractivity contribution in [2.75, 3.05) is 19.5 Å². The largest absolute Gasteiger partial charge is 0.490 e. The zero-order valence-corrected chi connectivity index (χ0v) is 18.0. The molecule has 1 atom stereocenters. The highest BCUT2D eigenvalue weighted by Crippen LogP contribution is 2.39. The van der Waals surface area contributed by atoms with Gasteiger partial charge >= 0.3 is 5.97 Å². The second kappa shape index (κ2) is 9.70.